The maximum Gasteiger partial charge on any atom is 0.181 e. The van der Waals surface area contributed by atoms with E-state index in [9.17, 15) is 0 Å². The van der Waals surface area contributed by atoms with Gasteiger partial charge in [-0.05, 0) is 31.0 Å². The Kier molecular flexibility index (Phi) is 2.60. The molecule has 23 heavy (non-hydrogen) atoms. The number of aromatic nitrogens is 7. The molecule has 0 spiro atoms. The number of rotatable bonds is 3. The Balaban J connectivity index is 1.56. The zero-order chi connectivity index (χ0) is 15.4. The van der Waals surface area contributed by atoms with Crippen molar-refractivity contribution in [2.45, 2.75) is 18.8 Å². The molecule has 0 radical (unpaired) electrons. The van der Waals surface area contributed by atoms with Crippen LogP contribution in [0.1, 0.15) is 24.6 Å². The van der Waals surface area contributed by atoms with Gasteiger partial charge in [-0.15, -0.1) is 5.10 Å². The summed E-state index contributed by atoms with van der Waals surface area (Å²) in [4.78, 5) is 4.44. The molecular formula is C15H12ClN7. The van der Waals surface area contributed by atoms with Crippen LogP contribution < -0.4 is 0 Å². The van der Waals surface area contributed by atoms with Gasteiger partial charge in [0.2, 0.25) is 0 Å². The van der Waals surface area contributed by atoms with Gasteiger partial charge in [-0.3, -0.25) is 9.67 Å². The standard InChI is InChI=1S/C15H12ClN7/c16-14-11-4-3-10(7-12(11)18-20-14)23-8-13(19-21-23)22-6-5-17-15(22)9-1-2-9/h3-9H,1-2H2,(H,18,20). The van der Waals surface area contributed by atoms with Crippen LogP contribution in [0.25, 0.3) is 22.4 Å². The molecule has 1 aliphatic carbocycles. The van der Waals surface area contributed by atoms with Crippen molar-refractivity contribution in [1.82, 2.24) is 34.7 Å². The molecule has 114 valence electrons. The van der Waals surface area contributed by atoms with Crippen LogP contribution >= 0.6 is 11.6 Å². The molecule has 5 rings (SSSR count). The third kappa shape index (κ3) is 2.04. The fourth-order valence-corrected chi connectivity index (χ4v) is 2.97. The van der Waals surface area contributed by atoms with Crippen molar-refractivity contribution in [3.05, 3.63) is 47.8 Å². The largest absolute Gasteiger partial charge is 0.285 e. The summed E-state index contributed by atoms with van der Waals surface area (Å²) in [7, 11) is 0. The van der Waals surface area contributed by atoms with Crippen molar-refractivity contribution in [2.75, 3.05) is 0 Å². The number of nitrogens with one attached hydrogen (secondary N) is 1. The van der Waals surface area contributed by atoms with Gasteiger partial charge in [-0.25, -0.2) is 9.67 Å². The van der Waals surface area contributed by atoms with E-state index in [1.807, 2.05) is 41.4 Å². The van der Waals surface area contributed by atoms with Crippen LogP contribution in [0.5, 0.6) is 0 Å². The van der Waals surface area contributed by atoms with Gasteiger partial charge in [0.15, 0.2) is 11.0 Å². The zero-order valence-electron chi connectivity index (χ0n) is 12.0. The van der Waals surface area contributed by atoms with E-state index in [1.165, 1.54) is 12.8 Å². The molecule has 0 unspecified atom stereocenters. The van der Waals surface area contributed by atoms with Crippen molar-refractivity contribution >= 4 is 22.5 Å². The molecule has 0 aliphatic heterocycles. The number of benzene rings is 1. The Labute approximate surface area is 135 Å². The first-order valence-corrected chi connectivity index (χ1v) is 7.77. The highest BCUT2D eigenvalue weighted by molar-refractivity contribution is 6.34. The van der Waals surface area contributed by atoms with Crippen LogP contribution in [0.4, 0.5) is 0 Å². The molecule has 4 aromatic rings. The van der Waals surface area contributed by atoms with Gasteiger partial charge >= 0.3 is 0 Å². The number of hydrogen-bond donors (Lipinski definition) is 1. The SMILES string of the molecule is Clc1n[nH]c2cc(-n3cc(-n4ccnc4C4CC4)nn3)ccc12. The van der Waals surface area contributed by atoms with E-state index in [-0.39, 0.29) is 0 Å². The minimum Gasteiger partial charge on any atom is -0.285 e. The van der Waals surface area contributed by atoms with E-state index in [1.54, 1.807) is 4.68 Å². The molecule has 1 aromatic carbocycles. The van der Waals surface area contributed by atoms with E-state index in [0.717, 1.165) is 28.2 Å². The molecule has 1 fully saturated rings. The molecule has 1 N–H and O–H groups in total. The van der Waals surface area contributed by atoms with E-state index in [2.05, 4.69) is 25.5 Å². The summed E-state index contributed by atoms with van der Waals surface area (Å²) in [6.07, 6.45) is 8.03. The minimum atomic E-state index is 0.471. The summed E-state index contributed by atoms with van der Waals surface area (Å²) >= 11 is 6.01. The third-order valence-electron chi connectivity index (χ3n) is 4.10. The number of imidazole rings is 1. The molecule has 7 nitrogen and oxygen atoms in total. The maximum absolute atomic E-state index is 6.01. The summed E-state index contributed by atoms with van der Waals surface area (Å²) in [5.41, 5.74) is 1.76. The van der Waals surface area contributed by atoms with Gasteiger partial charge < -0.3 is 0 Å². The van der Waals surface area contributed by atoms with E-state index in [0.29, 0.717) is 11.1 Å². The number of nitrogens with zero attached hydrogens (tertiary/aromatic N) is 6. The van der Waals surface area contributed by atoms with Crippen LogP contribution in [0, 0.1) is 0 Å². The Bertz CT molecular complexity index is 1010. The molecule has 1 aliphatic rings. The molecule has 0 atom stereocenters. The molecule has 0 amide bonds. The second-order valence-corrected chi connectivity index (χ2v) is 6.05. The van der Waals surface area contributed by atoms with Crippen LogP contribution in [-0.2, 0) is 0 Å². The van der Waals surface area contributed by atoms with Gasteiger partial charge in [-0.1, -0.05) is 16.8 Å². The maximum atomic E-state index is 6.01. The lowest BCUT2D eigenvalue weighted by Gasteiger charge is -2.02. The van der Waals surface area contributed by atoms with Crippen molar-refractivity contribution in [1.29, 1.82) is 0 Å². The highest BCUT2D eigenvalue weighted by Gasteiger charge is 2.28. The predicted octanol–water partition coefficient (Wildman–Crippen LogP) is 2.86. The Morgan fingerprint density at radius 2 is 2.17 bits per heavy atom. The summed E-state index contributed by atoms with van der Waals surface area (Å²) in [6, 6.07) is 5.81. The molecule has 0 bridgehead atoms. The fourth-order valence-electron chi connectivity index (χ4n) is 2.76. The quantitative estimate of drug-likeness (QED) is 0.628. The Morgan fingerprint density at radius 1 is 1.26 bits per heavy atom. The van der Waals surface area contributed by atoms with E-state index >= 15 is 0 Å². The van der Waals surface area contributed by atoms with Gasteiger partial charge in [0.1, 0.15) is 5.82 Å². The van der Waals surface area contributed by atoms with E-state index < -0.39 is 0 Å². The average molecular weight is 326 g/mol. The highest BCUT2D eigenvalue weighted by Crippen LogP contribution is 2.39. The summed E-state index contributed by atoms with van der Waals surface area (Å²) in [5, 5.41) is 16.8. The first kappa shape index (κ1) is 12.8. The predicted molar refractivity (Wildman–Crippen MR) is 85.1 cm³/mol. The van der Waals surface area contributed by atoms with Gasteiger partial charge in [0, 0.05) is 23.7 Å². The fraction of sp³-hybridized carbons (Fsp3) is 0.200. The summed E-state index contributed by atoms with van der Waals surface area (Å²) in [6.45, 7) is 0. The number of H-pyrrole nitrogens is 1. The Hall–Kier alpha value is -2.67. The minimum absolute atomic E-state index is 0.471. The van der Waals surface area contributed by atoms with Crippen LogP contribution in [-0.4, -0.2) is 34.7 Å². The average Bonchev–Trinajstić information content (AvgIpc) is 3.01. The zero-order valence-corrected chi connectivity index (χ0v) is 12.8. The smallest absolute Gasteiger partial charge is 0.181 e. The summed E-state index contributed by atoms with van der Waals surface area (Å²) < 4.78 is 3.74. The van der Waals surface area contributed by atoms with Crippen molar-refractivity contribution in [3.63, 3.8) is 0 Å². The van der Waals surface area contributed by atoms with Crippen molar-refractivity contribution in [2.24, 2.45) is 0 Å². The molecule has 8 heteroatoms. The molecule has 3 aromatic heterocycles. The van der Waals surface area contributed by atoms with Crippen LogP contribution in [0.15, 0.2) is 36.8 Å². The lowest BCUT2D eigenvalue weighted by molar-refractivity contribution is 0.793. The molecule has 3 heterocycles. The highest BCUT2D eigenvalue weighted by atomic mass is 35.5. The second kappa shape index (κ2) is 4.66. The lowest BCUT2D eigenvalue weighted by Crippen LogP contribution is -1.99. The topological polar surface area (TPSA) is 77.2 Å². The Morgan fingerprint density at radius 3 is 3.04 bits per heavy atom. The number of aromatic amines is 1. The van der Waals surface area contributed by atoms with Crippen molar-refractivity contribution in [3.8, 4) is 11.5 Å². The molecule has 0 saturated heterocycles. The van der Waals surface area contributed by atoms with Crippen molar-refractivity contribution < 1.29 is 0 Å². The molecular weight excluding hydrogens is 314 g/mol. The third-order valence-corrected chi connectivity index (χ3v) is 4.39. The van der Waals surface area contributed by atoms with Gasteiger partial charge in [-0.2, -0.15) is 5.10 Å². The number of halogens is 1. The van der Waals surface area contributed by atoms with E-state index in [4.69, 9.17) is 11.6 Å². The second-order valence-electron chi connectivity index (χ2n) is 5.70. The van der Waals surface area contributed by atoms with Gasteiger partial charge in [0.05, 0.1) is 17.4 Å². The first-order valence-electron chi connectivity index (χ1n) is 7.39. The monoisotopic (exact) mass is 325 g/mol. The molecule has 1 saturated carbocycles. The lowest BCUT2D eigenvalue weighted by atomic mass is 10.2. The van der Waals surface area contributed by atoms with Crippen LogP contribution in [0.3, 0.4) is 0 Å². The summed E-state index contributed by atoms with van der Waals surface area (Å²) in [5.74, 6) is 2.39. The number of hydrogen-bond acceptors (Lipinski definition) is 4. The number of fused-ring (bicyclic) bond motifs is 1. The normalized spacial score (nSPS) is 14.7. The first-order chi connectivity index (χ1) is 11.3. The van der Waals surface area contributed by atoms with Gasteiger partial charge in [0.25, 0.3) is 0 Å². The van der Waals surface area contributed by atoms with Crippen LogP contribution in [0.2, 0.25) is 5.15 Å².